The molecule has 0 heterocycles. The Morgan fingerprint density at radius 1 is 0.938 bits per heavy atom. The van der Waals surface area contributed by atoms with Gasteiger partial charge in [0, 0.05) is 5.54 Å². The number of rotatable bonds is 7. The molecule has 2 N–H and O–H groups in total. The Morgan fingerprint density at radius 2 is 1.56 bits per heavy atom. The normalized spacial score (nSPS) is 28.5. The van der Waals surface area contributed by atoms with E-state index in [0.717, 1.165) is 0 Å². The minimum absolute atomic E-state index is 0.137. The summed E-state index contributed by atoms with van der Waals surface area (Å²) in [6, 6.07) is 0. The molecule has 1 atom stereocenters. The first-order valence-corrected chi connectivity index (χ1v) is 7.31. The van der Waals surface area contributed by atoms with E-state index in [0.29, 0.717) is 5.41 Å². The molecule has 0 aromatic rings. The fourth-order valence-corrected chi connectivity index (χ4v) is 3.12. The molecule has 0 radical (unpaired) electrons. The number of hydrogen-bond donors (Lipinski definition) is 1. The molecule has 1 aliphatic carbocycles. The fraction of sp³-hybridized carbons (Fsp3) is 1.00. The second kappa shape index (κ2) is 6.05. The van der Waals surface area contributed by atoms with Crippen LogP contribution in [-0.2, 0) is 0 Å². The summed E-state index contributed by atoms with van der Waals surface area (Å²) in [6.45, 7) is 6.99. The Hall–Kier alpha value is -0.0400. The molecule has 0 spiro atoms. The van der Waals surface area contributed by atoms with Crippen LogP contribution in [0.3, 0.4) is 0 Å². The van der Waals surface area contributed by atoms with Crippen molar-refractivity contribution < 1.29 is 0 Å². The molecule has 1 aliphatic rings. The van der Waals surface area contributed by atoms with E-state index in [1.54, 1.807) is 0 Å². The lowest BCUT2D eigenvalue weighted by Gasteiger charge is -2.38. The molecule has 0 bridgehead atoms. The lowest BCUT2D eigenvalue weighted by Crippen LogP contribution is -2.48. The van der Waals surface area contributed by atoms with Crippen molar-refractivity contribution in [3.05, 3.63) is 0 Å². The van der Waals surface area contributed by atoms with Crippen molar-refractivity contribution in [1.29, 1.82) is 0 Å². The van der Waals surface area contributed by atoms with Crippen LogP contribution in [0.2, 0.25) is 0 Å². The van der Waals surface area contributed by atoms with E-state index >= 15 is 0 Å². The van der Waals surface area contributed by atoms with Crippen LogP contribution in [0.15, 0.2) is 0 Å². The third-order valence-electron chi connectivity index (χ3n) is 4.75. The standard InChI is InChI=1S/C15H31N/c1-4-5-6-7-8-9-12-15(16)13-10-11-14(15,2)3/h4-13,16H2,1-3H3. The lowest BCUT2D eigenvalue weighted by atomic mass is 9.73. The second-order valence-corrected chi connectivity index (χ2v) is 6.41. The highest BCUT2D eigenvalue weighted by Gasteiger charge is 2.44. The van der Waals surface area contributed by atoms with Crippen molar-refractivity contribution in [2.75, 3.05) is 0 Å². The summed E-state index contributed by atoms with van der Waals surface area (Å²) in [4.78, 5) is 0. The highest BCUT2D eigenvalue weighted by molar-refractivity contribution is 5.02. The molecule has 1 heteroatoms. The summed E-state index contributed by atoms with van der Waals surface area (Å²) >= 11 is 0. The SMILES string of the molecule is CCCCCCCCC1(N)CCCC1(C)C. The molecule has 0 aromatic heterocycles. The van der Waals surface area contributed by atoms with Gasteiger partial charge in [-0.05, 0) is 24.7 Å². The molecule has 0 saturated heterocycles. The number of unbranched alkanes of at least 4 members (excludes halogenated alkanes) is 5. The maximum absolute atomic E-state index is 6.58. The van der Waals surface area contributed by atoms with Crippen LogP contribution in [0.1, 0.15) is 85.0 Å². The zero-order valence-electron chi connectivity index (χ0n) is 11.6. The van der Waals surface area contributed by atoms with Crippen LogP contribution >= 0.6 is 0 Å². The van der Waals surface area contributed by atoms with Crippen LogP contribution in [0.4, 0.5) is 0 Å². The highest BCUT2D eigenvalue weighted by Crippen LogP contribution is 2.46. The zero-order valence-corrected chi connectivity index (χ0v) is 11.6. The van der Waals surface area contributed by atoms with Crippen molar-refractivity contribution in [1.82, 2.24) is 0 Å². The van der Waals surface area contributed by atoms with E-state index in [1.807, 2.05) is 0 Å². The van der Waals surface area contributed by atoms with Gasteiger partial charge in [0.15, 0.2) is 0 Å². The van der Waals surface area contributed by atoms with Gasteiger partial charge in [-0.15, -0.1) is 0 Å². The summed E-state index contributed by atoms with van der Waals surface area (Å²) in [7, 11) is 0. The van der Waals surface area contributed by atoms with Crippen LogP contribution in [0.25, 0.3) is 0 Å². The maximum Gasteiger partial charge on any atom is 0.0206 e. The van der Waals surface area contributed by atoms with Crippen molar-refractivity contribution >= 4 is 0 Å². The smallest absolute Gasteiger partial charge is 0.0206 e. The van der Waals surface area contributed by atoms with Crippen LogP contribution in [0, 0.1) is 5.41 Å². The molecule has 0 amide bonds. The van der Waals surface area contributed by atoms with Gasteiger partial charge in [0.25, 0.3) is 0 Å². The Kier molecular flexibility index (Phi) is 5.30. The fourth-order valence-electron chi connectivity index (χ4n) is 3.12. The predicted octanol–water partition coefficient (Wildman–Crippen LogP) is 4.64. The van der Waals surface area contributed by atoms with E-state index in [1.165, 1.54) is 64.2 Å². The molecule has 1 fully saturated rings. The summed E-state index contributed by atoms with van der Waals surface area (Å²) < 4.78 is 0. The Bertz CT molecular complexity index is 198. The molecule has 1 nitrogen and oxygen atoms in total. The zero-order chi connectivity index (χ0) is 12.1. The third kappa shape index (κ3) is 3.48. The molecule has 1 unspecified atom stereocenters. The van der Waals surface area contributed by atoms with Gasteiger partial charge >= 0.3 is 0 Å². The molecule has 16 heavy (non-hydrogen) atoms. The summed E-state index contributed by atoms with van der Waals surface area (Å²) in [5.74, 6) is 0. The predicted molar refractivity (Wildman–Crippen MR) is 72.5 cm³/mol. The van der Waals surface area contributed by atoms with Crippen LogP contribution in [0.5, 0.6) is 0 Å². The molecular weight excluding hydrogens is 194 g/mol. The van der Waals surface area contributed by atoms with E-state index in [2.05, 4.69) is 20.8 Å². The molecule has 1 saturated carbocycles. The van der Waals surface area contributed by atoms with Crippen LogP contribution in [-0.4, -0.2) is 5.54 Å². The third-order valence-corrected chi connectivity index (χ3v) is 4.75. The average Bonchev–Trinajstić information content (AvgIpc) is 2.48. The number of hydrogen-bond acceptors (Lipinski definition) is 1. The minimum Gasteiger partial charge on any atom is -0.325 e. The van der Waals surface area contributed by atoms with Crippen LogP contribution < -0.4 is 5.73 Å². The monoisotopic (exact) mass is 225 g/mol. The molecule has 0 aromatic carbocycles. The van der Waals surface area contributed by atoms with Gasteiger partial charge in [0.2, 0.25) is 0 Å². The summed E-state index contributed by atoms with van der Waals surface area (Å²) in [5, 5.41) is 0. The summed E-state index contributed by atoms with van der Waals surface area (Å²) in [5.41, 5.74) is 7.09. The van der Waals surface area contributed by atoms with E-state index in [-0.39, 0.29) is 5.54 Å². The van der Waals surface area contributed by atoms with Crippen molar-refractivity contribution in [2.45, 2.75) is 90.5 Å². The Morgan fingerprint density at radius 3 is 2.12 bits per heavy atom. The molecular formula is C15H31N. The Labute approximate surface area is 102 Å². The topological polar surface area (TPSA) is 26.0 Å². The first kappa shape index (κ1) is 14.0. The largest absolute Gasteiger partial charge is 0.325 e. The van der Waals surface area contributed by atoms with E-state index in [9.17, 15) is 0 Å². The van der Waals surface area contributed by atoms with Gasteiger partial charge in [-0.2, -0.15) is 0 Å². The van der Waals surface area contributed by atoms with Gasteiger partial charge in [-0.1, -0.05) is 65.7 Å². The van der Waals surface area contributed by atoms with Gasteiger partial charge in [0.1, 0.15) is 0 Å². The first-order chi connectivity index (χ1) is 7.52. The van der Waals surface area contributed by atoms with Gasteiger partial charge in [-0.3, -0.25) is 0 Å². The van der Waals surface area contributed by atoms with Crippen molar-refractivity contribution in [2.24, 2.45) is 11.1 Å². The number of nitrogens with two attached hydrogens (primary N) is 1. The molecule has 96 valence electrons. The van der Waals surface area contributed by atoms with Gasteiger partial charge in [0.05, 0.1) is 0 Å². The van der Waals surface area contributed by atoms with Gasteiger partial charge < -0.3 is 5.73 Å². The quantitative estimate of drug-likeness (QED) is 0.627. The minimum atomic E-state index is 0.137. The van der Waals surface area contributed by atoms with Crippen molar-refractivity contribution in [3.8, 4) is 0 Å². The Balaban J connectivity index is 2.17. The lowest BCUT2D eigenvalue weighted by molar-refractivity contribution is 0.189. The molecule has 1 rings (SSSR count). The first-order valence-electron chi connectivity index (χ1n) is 7.31. The van der Waals surface area contributed by atoms with E-state index in [4.69, 9.17) is 5.73 Å². The highest BCUT2D eigenvalue weighted by atomic mass is 14.8. The van der Waals surface area contributed by atoms with Gasteiger partial charge in [-0.25, -0.2) is 0 Å². The van der Waals surface area contributed by atoms with Crippen molar-refractivity contribution in [3.63, 3.8) is 0 Å². The average molecular weight is 225 g/mol. The van der Waals surface area contributed by atoms with E-state index < -0.39 is 0 Å². The maximum atomic E-state index is 6.58. The molecule has 0 aliphatic heterocycles. The summed E-state index contributed by atoms with van der Waals surface area (Å²) in [6.07, 6.45) is 13.4. The second-order valence-electron chi connectivity index (χ2n) is 6.41.